The van der Waals surface area contributed by atoms with Gasteiger partial charge in [-0.05, 0) is 60.4 Å². The third kappa shape index (κ3) is 16.4. The summed E-state index contributed by atoms with van der Waals surface area (Å²) >= 11 is 0. The van der Waals surface area contributed by atoms with Crippen molar-refractivity contribution in [3.8, 4) is 11.5 Å². The fraction of sp³-hybridized carbons (Fsp3) is 0.568. The second kappa shape index (κ2) is 22.5. The van der Waals surface area contributed by atoms with Gasteiger partial charge >= 0.3 is 11.9 Å². The number of unbranched alkanes of at least 4 members (excludes halogenated alkanes) is 13. The van der Waals surface area contributed by atoms with Crippen molar-refractivity contribution in [1.82, 2.24) is 0 Å². The number of hydrogen-bond acceptors (Lipinski definition) is 5. The molecule has 0 fully saturated rings. The Morgan fingerprint density at radius 2 is 1.21 bits per heavy atom. The number of carbonyl (C=O) groups excluding carboxylic acids is 2. The SMILES string of the molecule is CCCCCCCCCCCCCCCCOc1ccc(C(=O)Oc2ccc(C=CC(=O)OC[C@@H](C)CC)cc2)cc1. The van der Waals surface area contributed by atoms with Gasteiger partial charge in [-0.2, -0.15) is 0 Å². The molecule has 42 heavy (non-hydrogen) atoms. The minimum absolute atomic E-state index is 0.346. The van der Waals surface area contributed by atoms with Crippen LogP contribution in [0.5, 0.6) is 11.5 Å². The Labute approximate surface area is 255 Å². The predicted octanol–water partition coefficient (Wildman–Crippen LogP) is 10.4. The first-order chi connectivity index (χ1) is 20.5. The summed E-state index contributed by atoms with van der Waals surface area (Å²) in [7, 11) is 0. The van der Waals surface area contributed by atoms with Gasteiger partial charge < -0.3 is 14.2 Å². The van der Waals surface area contributed by atoms with Crippen LogP contribution in [0.1, 0.15) is 133 Å². The maximum Gasteiger partial charge on any atom is 0.343 e. The van der Waals surface area contributed by atoms with E-state index >= 15 is 0 Å². The largest absolute Gasteiger partial charge is 0.494 e. The van der Waals surface area contributed by atoms with Crippen LogP contribution in [0.25, 0.3) is 6.08 Å². The number of esters is 2. The standard InChI is InChI=1S/C37H54O5/c1-4-6-7-8-9-10-11-12-13-14-15-16-17-18-29-40-34-26-22-33(23-27-34)37(39)42-35-24-19-32(20-25-35)21-28-36(38)41-30-31(3)5-2/h19-28,31H,4-18,29-30H2,1-3H3/t31-/m0/s1. The second-order valence-corrected chi connectivity index (χ2v) is 11.4. The summed E-state index contributed by atoms with van der Waals surface area (Å²) in [5, 5.41) is 0. The molecule has 0 saturated heterocycles. The lowest BCUT2D eigenvalue weighted by molar-refractivity contribution is -0.138. The molecule has 2 aromatic carbocycles. The second-order valence-electron chi connectivity index (χ2n) is 11.4. The Bertz CT molecular complexity index is 1010. The molecule has 0 aliphatic carbocycles. The third-order valence-electron chi connectivity index (χ3n) is 7.57. The van der Waals surface area contributed by atoms with Gasteiger partial charge in [0.2, 0.25) is 0 Å². The molecule has 0 aliphatic rings. The molecular formula is C37H54O5. The first-order valence-electron chi connectivity index (χ1n) is 16.4. The van der Waals surface area contributed by atoms with E-state index in [9.17, 15) is 9.59 Å². The van der Waals surface area contributed by atoms with Crippen LogP contribution in [0.4, 0.5) is 0 Å². The Morgan fingerprint density at radius 1 is 0.690 bits per heavy atom. The van der Waals surface area contributed by atoms with Crippen molar-refractivity contribution >= 4 is 18.0 Å². The van der Waals surface area contributed by atoms with Gasteiger partial charge in [-0.3, -0.25) is 0 Å². The van der Waals surface area contributed by atoms with Crippen molar-refractivity contribution in [2.45, 2.75) is 117 Å². The molecule has 0 N–H and O–H groups in total. The number of carbonyl (C=O) groups is 2. The molecule has 0 radical (unpaired) electrons. The van der Waals surface area contributed by atoms with E-state index in [0.29, 0.717) is 30.4 Å². The fourth-order valence-corrected chi connectivity index (χ4v) is 4.54. The summed E-state index contributed by atoms with van der Waals surface area (Å²) in [6, 6.07) is 14.1. The molecule has 0 aromatic heterocycles. The first-order valence-corrected chi connectivity index (χ1v) is 16.4. The molecular weight excluding hydrogens is 524 g/mol. The predicted molar refractivity (Wildman–Crippen MR) is 173 cm³/mol. The summed E-state index contributed by atoms with van der Waals surface area (Å²) < 4.78 is 16.6. The summed E-state index contributed by atoms with van der Waals surface area (Å²) in [6.07, 6.45) is 22.8. The van der Waals surface area contributed by atoms with E-state index in [-0.39, 0.29) is 5.97 Å². The smallest absolute Gasteiger partial charge is 0.343 e. The van der Waals surface area contributed by atoms with Gasteiger partial charge in [0.25, 0.3) is 0 Å². The highest BCUT2D eigenvalue weighted by molar-refractivity contribution is 5.91. The van der Waals surface area contributed by atoms with Crippen LogP contribution in [-0.2, 0) is 9.53 Å². The van der Waals surface area contributed by atoms with E-state index < -0.39 is 5.97 Å². The molecule has 232 valence electrons. The van der Waals surface area contributed by atoms with Crippen molar-refractivity contribution in [1.29, 1.82) is 0 Å². The van der Waals surface area contributed by atoms with Crippen molar-refractivity contribution in [3.05, 3.63) is 65.7 Å². The molecule has 5 heteroatoms. The normalized spacial score (nSPS) is 11.9. The minimum atomic E-state index is -0.426. The fourth-order valence-electron chi connectivity index (χ4n) is 4.54. The highest BCUT2D eigenvalue weighted by Gasteiger charge is 2.09. The van der Waals surface area contributed by atoms with Gasteiger partial charge in [-0.15, -0.1) is 0 Å². The van der Waals surface area contributed by atoms with Gasteiger partial charge in [-0.1, -0.05) is 123 Å². The van der Waals surface area contributed by atoms with Gasteiger partial charge in [0.05, 0.1) is 18.8 Å². The van der Waals surface area contributed by atoms with Crippen LogP contribution >= 0.6 is 0 Å². The summed E-state index contributed by atoms with van der Waals surface area (Å²) in [4.78, 5) is 24.4. The number of hydrogen-bond donors (Lipinski definition) is 0. The van der Waals surface area contributed by atoms with Crippen molar-refractivity contribution in [2.24, 2.45) is 5.92 Å². The highest BCUT2D eigenvalue weighted by Crippen LogP contribution is 2.18. The van der Waals surface area contributed by atoms with E-state index in [0.717, 1.165) is 24.2 Å². The van der Waals surface area contributed by atoms with Crippen molar-refractivity contribution in [2.75, 3.05) is 13.2 Å². The average Bonchev–Trinajstić information content (AvgIpc) is 3.01. The van der Waals surface area contributed by atoms with Gasteiger partial charge in [0.1, 0.15) is 11.5 Å². The van der Waals surface area contributed by atoms with E-state index in [1.165, 1.54) is 89.5 Å². The molecule has 0 spiro atoms. The Hall–Kier alpha value is -3.08. The average molecular weight is 579 g/mol. The maximum atomic E-state index is 12.5. The molecule has 5 nitrogen and oxygen atoms in total. The zero-order valence-corrected chi connectivity index (χ0v) is 26.4. The van der Waals surface area contributed by atoms with Gasteiger partial charge in [0.15, 0.2) is 0 Å². The molecule has 0 heterocycles. The number of benzene rings is 2. The first kappa shape index (κ1) is 35.1. The quantitative estimate of drug-likeness (QED) is 0.0568. The lowest BCUT2D eigenvalue weighted by Gasteiger charge is -2.08. The van der Waals surface area contributed by atoms with Crippen molar-refractivity contribution < 1.29 is 23.8 Å². The number of ether oxygens (including phenoxy) is 3. The lowest BCUT2D eigenvalue weighted by Crippen LogP contribution is -2.09. The minimum Gasteiger partial charge on any atom is -0.494 e. The van der Waals surface area contributed by atoms with E-state index in [1.54, 1.807) is 42.5 Å². The molecule has 0 amide bonds. The molecule has 0 unspecified atom stereocenters. The Morgan fingerprint density at radius 3 is 1.76 bits per heavy atom. The van der Waals surface area contributed by atoms with Crippen LogP contribution < -0.4 is 9.47 Å². The molecule has 0 bridgehead atoms. The summed E-state index contributed by atoms with van der Waals surface area (Å²) in [6.45, 7) is 7.49. The van der Waals surface area contributed by atoms with E-state index in [1.807, 2.05) is 19.1 Å². The van der Waals surface area contributed by atoms with Gasteiger partial charge in [0, 0.05) is 6.08 Å². The Balaban J connectivity index is 1.55. The molecule has 0 aliphatic heterocycles. The van der Waals surface area contributed by atoms with Crippen LogP contribution in [0.15, 0.2) is 54.6 Å². The summed E-state index contributed by atoms with van der Waals surface area (Å²) in [5.74, 6) is 0.761. The highest BCUT2D eigenvalue weighted by atomic mass is 16.5. The van der Waals surface area contributed by atoms with Crippen LogP contribution in [-0.4, -0.2) is 25.2 Å². The zero-order valence-electron chi connectivity index (χ0n) is 26.4. The molecule has 0 saturated carbocycles. The van der Waals surface area contributed by atoms with Gasteiger partial charge in [-0.25, -0.2) is 9.59 Å². The zero-order chi connectivity index (χ0) is 30.3. The molecule has 2 aromatic rings. The Kier molecular flexibility index (Phi) is 18.8. The van der Waals surface area contributed by atoms with Crippen molar-refractivity contribution in [3.63, 3.8) is 0 Å². The van der Waals surface area contributed by atoms with Crippen LogP contribution in [0.2, 0.25) is 0 Å². The number of rotatable bonds is 23. The topological polar surface area (TPSA) is 61.8 Å². The summed E-state index contributed by atoms with van der Waals surface area (Å²) in [5.41, 5.74) is 1.28. The molecule has 2 rings (SSSR count). The monoisotopic (exact) mass is 578 g/mol. The molecule has 1 atom stereocenters. The van der Waals surface area contributed by atoms with E-state index in [2.05, 4.69) is 13.8 Å². The lowest BCUT2D eigenvalue weighted by atomic mass is 10.0. The maximum absolute atomic E-state index is 12.5. The van der Waals surface area contributed by atoms with Crippen LogP contribution in [0, 0.1) is 5.92 Å². The van der Waals surface area contributed by atoms with E-state index in [4.69, 9.17) is 14.2 Å². The third-order valence-corrected chi connectivity index (χ3v) is 7.57. The van der Waals surface area contributed by atoms with Crippen LogP contribution in [0.3, 0.4) is 0 Å².